The summed E-state index contributed by atoms with van der Waals surface area (Å²) in [5.74, 6) is 2.35. The van der Waals surface area contributed by atoms with E-state index in [1.807, 2.05) is 0 Å². The Balaban J connectivity index is 1.41. The van der Waals surface area contributed by atoms with E-state index in [0.29, 0.717) is 17.0 Å². The molecule has 1 saturated heterocycles. The zero-order chi connectivity index (χ0) is 16.0. The Bertz CT molecular complexity index is 803. The Morgan fingerprint density at radius 2 is 1.96 bits per heavy atom. The smallest absolute Gasteiger partial charge is 0.249 e. The van der Waals surface area contributed by atoms with Crippen LogP contribution in [0.25, 0.3) is 0 Å². The van der Waals surface area contributed by atoms with Crippen LogP contribution in [-0.4, -0.2) is 36.6 Å². The number of aromatic nitrogens is 3. The Morgan fingerprint density at radius 3 is 2.57 bits per heavy atom. The molecule has 23 heavy (non-hydrogen) atoms. The van der Waals surface area contributed by atoms with E-state index < -0.39 is 10.0 Å². The monoisotopic (exact) mass is 355 g/mol. The van der Waals surface area contributed by atoms with E-state index >= 15 is 0 Å². The van der Waals surface area contributed by atoms with Crippen molar-refractivity contribution in [2.75, 3.05) is 18.0 Å². The normalized spacial score (nSPS) is 20.1. The average molecular weight is 355 g/mol. The second-order valence-corrected chi connectivity index (χ2v) is 8.83. The number of hydrogen-bond donors (Lipinski definition) is 1. The number of thiazole rings is 1. The number of nitrogens with zero attached hydrogens (tertiary/aromatic N) is 4. The summed E-state index contributed by atoms with van der Waals surface area (Å²) in [4.78, 5) is 10.8. The summed E-state index contributed by atoms with van der Waals surface area (Å²) in [7, 11) is -3.68. The summed E-state index contributed by atoms with van der Waals surface area (Å²) in [5.41, 5.74) is 0. The van der Waals surface area contributed by atoms with Gasteiger partial charge in [-0.2, -0.15) is 4.98 Å². The fourth-order valence-corrected chi connectivity index (χ4v) is 4.36. The second kappa shape index (κ2) is 5.53. The van der Waals surface area contributed by atoms with Gasteiger partial charge in [0.1, 0.15) is 0 Å². The molecule has 1 aliphatic heterocycles. The first-order valence-electron chi connectivity index (χ1n) is 7.58. The molecule has 2 aliphatic rings. The lowest BCUT2D eigenvalue weighted by molar-refractivity contribution is 0.365. The Morgan fingerprint density at radius 1 is 1.22 bits per heavy atom. The minimum atomic E-state index is -3.68. The van der Waals surface area contributed by atoms with Crippen LogP contribution in [0.5, 0.6) is 0 Å². The molecule has 0 unspecified atom stereocenters. The molecule has 0 spiro atoms. The van der Waals surface area contributed by atoms with E-state index in [2.05, 4.69) is 20.0 Å². The van der Waals surface area contributed by atoms with Crippen LogP contribution in [0.3, 0.4) is 0 Å². The van der Waals surface area contributed by atoms with Crippen LogP contribution in [-0.2, 0) is 10.0 Å². The number of nitrogens with two attached hydrogens (primary N) is 1. The Kier molecular flexibility index (Phi) is 3.62. The summed E-state index contributed by atoms with van der Waals surface area (Å²) in [6.45, 7) is 1.57. The third kappa shape index (κ3) is 3.10. The predicted octanol–water partition coefficient (Wildman–Crippen LogP) is 1.43. The van der Waals surface area contributed by atoms with Crippen molar-refractivity contribution in [2.45, 2.75) is 41.7 Å². The third-order valence-electron chi connectivity index (χ3n) is 4.27. The molecule has 3 heterocycles. The lowest BCUT2D eigenvalue weighted by Crippen LogP contribution is -2.33. The standard InChI is InChI=1S/C13H17N5O3S2/c14-23(19,20)10-7-15-13(22-10)18-5-3-8(4-6-18)11-16-12(21-17-11)9-1-2-9/h7-9H,1-6H2,(H2,14,19,20). The van der Waals surface area contributed by atoms with E-state index in [1.54, 1.807) is 0 Å². The van der Waals surface area contributed by atoms with Gasteiger partial charge >= 0.3 is 0 Å². The first kappa shape index (κ1) is 15.0. The molecule has 2 N–H and O–H groups in total. The SMILES string of the molecule is NS(=O)(=O)c1cnc(N2CCC(c3noc(C4CC4)n3)CC2)s1. The van der Waals surface area contributed by atoms with Gasteiger partial charge in [0, 0.05) is 24.9 Å². The number of rotatable bonds is 4. The summed E-state index contributed by atoms with van der Waals surface area (Å²) in [5, 5.41) is 9.94. The quantitative estimate of drug-likeness (QED) is 0.882. The lowest BCUT2D eigenvalue weighted by atomic mass is 9.96. The largest absolute Gasteiger partial charge is 0.348 e. The van der Waals surface area contributed by atoms with Gasteiger partial charge in [-0.3, -0.25) is 0 Å². The van der Waals surface area contributed by atoms with Crippen LogP contribution < -0.4 is 10.0 Å². The molecule has 10 heteroatoms. The van der Waals surface area contributed by atoms with Crippen molar-refractivity contribution in [1.29, 1.82) is 0 Å². The zero-order valence-electron chi connectivity index (χ0n) is 12.4. The van der Waals surface area contributed by atoms with Gasteiger partial charge in [-0.25, -0.2) is 18.5 Å². The van der Waals surface area contributed by atoms with Gasteiger partial charge in [0.05, 0.1) is 6.20 Å². The van der Waals surface area contributed by atoms with E-state index in [-0.39, 0.29) is 4.21 Å². The highest BCUT2D eigenvalue weighted by molar-refractivity contribution is 7.91. The summed E-state index contributed by atoms with van der Waals surface area (Å²) in [6, 6.07) is 0. The molecule has 0 radical (unpaired) electrons. The van der Waals surface area contributed by atoms with Crippen molar-refractivity contribution in [2.24, 2.45) is 5.14 Å². The molecule has 8 nitrogen and oxygen atoms in total. The van der Waals surface area contributed by atoms with Crippen molar-refractivity contribution in [3.05, 3.63) is 17.9 Å². The van der Waals surface area contributed by atoms with Gasteiger partial charge in [0.2, 0.25) is 15.9 Å². The average Bonchev–Trinajstić information content (AvgIpc) is 3.05. The van der Waals surface area contributed by atoms with Crippen LogP contribution in [0.4, 0.5) is 5.13 Å². The minimum absolute atomic E-state index is 0.0990. The van der Waals surface area contributed by atoms with Crippen LogP contribution in [0.1, 0.15) is 49.2 Å². The van der Waals surface area contributed by atoms with Crippen LogP contribution in [0.15, 0.2) is 14.9 Å². The molecule has 4 rings (SSSR count). The number of anilines is 1. The van der Waals surface area contributed by atoms with E-state index in [4.69, 9.17) is 9.66 Å². The summed E-state index contributed by atoms with van der Waals surface area (Å²) < 4.78 is 28.1. The molecule has 1 aliphatic carbocycles. The fraction of sp³-hybridized carbons (Fsp3) is 0.615. The fourth-order valence-electron chi connectivity index (χ4n) is 2.77. The molecule has 2 aromatic heterocycles. The molecular weight excluding hydrogens is 338 g/mol. The highest BCUT2D eigenvalue weighted by Crippen LogP contribution is 2.40. The van der Waals surface area contributed by atoms with Crippen LogP contribution in [0, 0.1) is 0 Å². The Hall–Kier alpha value is -1.52. The highest BCUT2D eigenvalue weighted by Gasteiger charge is 2.32. The number of hydrogen-bond acceptors (Lipinski definition) is 8. The van der Waals surface area contributed by atoms with Crippen molar-refractivity contribution in [1.82, 2.24) is 15.1 Å². The first-order valence-corrected chi connectivity index (χ1v) is 9.94. The number of piperidine rings is 1. The molecule has 0 atom stereocenters. The Labute approximate surface area is 137 Å². The van der Waals surface area contributed by atoms with Crippen molar-refractivity contribution in [3.63, 3.8) is 0 Å². The minimum Gasteiger partial charge on any atom is -0.348 e. The zero-order valence-corrected chi connectivity index (χ0v) is 14.0. The summed E-state index contributed by atoms with van der Waals surface area (Å²) in [6.07, 6.45) is 5.41. The van der Waals surface area contributed by atoms with E-state index in [9.17, 15) is 8.42 Å². The molecule has 0 bridgehead atoms. The molecule has 1 saturated carbocycles. The van der Waals surface area contributed by atoms with Gasteiger partial charge in [0.25, 0.3) is 0 Å². The predicted molar refractivity (Wildman–Crippen MR) is 83.9 cm³/mol. The molecule has 124 valence electrons. The lowest BCUT2D eigenvalue weighted by Gasteiger charge is -2.30. The van der Waals surface area contributed by atoms with E-state index in [1.165, 1.54) is 6.20 Å². The second-order valence-electron chi connectivity index (χ2n) is 6.03. The molecule has 2 fully saturated rings. The third-order valence-corrected chi connectivity index (χ3v) is 6.73. The van der Waals surface area contributed by atoms with Crippen LogP contribution >= 0.6 is 11.3 Å². The highest BCUT2D eigenvalue weighted by atomic mass is 32.2. The van der Waals surface area contributed by atoms with Gasteiger partial charge in [-0.05, 0) is 25.7 Å². The maximum atomic E-state index is 11.3. The van der Waals surface area contributed by atoms with Gasteiger partial charge in [-0.15, -0.1) is 0 Å². The van der Waals surface area contributed by atoms with Gasteiger partial charge in [-0.1, -0.05) is 16.5 Å². The van der Waals surface area contributed by atoms with Crippen molar-refractivity contribution >= 4 is 26.5 Å². The number of primary sulfonamides is 1. The van der Waals surface area contributed by atoms with Crippen LogP contribution in [0.2, 0.25) is 0 Å². The summed E-state index contributed by atoms with van der Waals surface area (Å²) >= 11 is 1.11. The molecule has 2 aromatic rings. The molecule has 0 amide bonds. The first-order chi connectivity index (χ1) is 11.0. The number of sulfonamides is 1. The van der Waals surface area contributed by atoms with Gasteiger partial charge < -0.3 is 9.42 Å². The maximum absolute atomic E-state index is 11.3. The van der Waals surface area contributed by atoms with Crippen molar-refractivity contribution < 1.29 is 12.9 Å². The molecular formula is C13H17N5O3S2. The molecule has 0 aromatic carbocycles. The van der Waals surface area contributed by atoms with Gasteiger partial charge in [0.15, 0.2) is 15.2 Å². The maximum Gasteiger partial charge on any atom is 0.249 e. The topological polar surface area (TPSA) is 115 Å². The van der Waals surface area contributed by atoms with Crippen molar-refractivity contribution in [3.8, 4) is 0 Å². The van der Waals surface area contributed by atoms with E-state index in [0.717, 1.165) is 61.8 Å².